The van der Waals surface area contributed by atoms with Crippen LogP contribution in [0.15, 0.2) is 0 Å². The quantitative estimate of drug-likeness (QED) is 0.526. The molecule has 118 valence electrons. The summed E-state index contributed by atoms with van der Waals surface area (Å²) in [7, 11) is 0. The molecule has 20 heavy (non-hydrogen) atoms. The summed E-state index contributed by atoms with van der Waals surface area (Å²) in [6.07, 6.45) is -0.840. The summed E-state index contributed by atoms with van der Waals surface area (Å²) in [6, 6.07) is -0.938. The van der Waals surface area contributed by atoms with Gasteiger partial charge in [-0.1, -0.05) is 0 Å². The number of hydroxylamine groups is 2. The maximum Gasteiger partial charge on any atom is 0.225 e. The summed E-state index contributed by atoms with van der Waals surface area (Å²) >= 11 is 0. The SMILES string of the molecule is CC1(C)CC(C(=O)NC(CO)C(O)CO)C(C)(C)N1[O-]. The van der Waals surface area contributed by atoms with Crippen LogP contribution >= 0.6 is 0 Å². The fourth-order valence-corrected chi connectivity index (χ4v) is 2.84. The predicted molar refractivity (Wildman–Crippen MR) is 73.6 cm³/mol. The second-order valence-electron chi connectivity index (χ2n) is 6.56. The van der Waals surface area contributed by atoms with Crippen molar-refractivity contribution < 1.29 is 20.1 Å². The molecule has 0 spiro atoms. The van der Waals surface area contributed by atoms with E-state index in [1.54, 1.807) is 27.7 Å². The molecule has 1 aliphatic rings. The zero-order chi connectivity index (χ0) is 15.7. The van der Waals surface area contributed by atoms with Gasteiger partial charge in [0, 0.05) is 11.1 Å². The molecule has 7 heteroatoms. The third kappa shape index (κ3) is 3.12. The highest BCUT2D eigenvalue weighted by Crippen LogP contribution is 2.44. The van der Waals surface area contributed by atoms with Gasteiger partial charge >= 0.3 is 0 Å². The van der Waals surface area contributed by atoms with Crippen molar-refractivity contribution in [3.8, 4) is 0 Å². The Bertz CT molecular complexity index is 359. The number of aliphatic hydroxyl groups is 3. The van der Waals surface area contributed by atoms with E-state index in [4.69, 9.17) is 10.2 Å². The van der Waals surface area contributed by atoms with Crippen LogP contribution in [0.1, 0.15) is 34.1 Å². The van der Waals surface area contributed by atoms with E-state index >= 15 is 0 Å². The first-order valence-electron chi connectivity index (χ1n) is 6.75. The summed E-state index contributed by atoms with van der Waals surface area (Å²) in [5.41, 5.74) is -1.51. The van der Waals surface area contributed by atoms with Gasteiger partial charge in [0.1, 0.15) is 0 Å². The average molecular weight is 289 g/mol. The molecule has 0 bridgehead atoms. The number of carbonyl (C=O) groups is 1. The van der Waals surface area contributed by atoms with E-state index in [-0.39, 0.29) is 0 Å². The van der Waals surface area contributed by atoms with Crippen molar-refractivity contribution in [2.45, 2.75) is 57.3 Å². The molecule has 3 atom stereocenters. The summed E-state index contributed by atoms with van der Waals surface area (Å²) < 4.78 is 0. The number of amides is 1. The van der Waals surface area contributed by atoms with Crippen molar-refractivity contribution in [1.29, 1.82) is 0 Å². The molecule has 1 fully saturated rings. The molecular formula is C13H25N2O5-. The van der Waals surface area contributed by atoms with E-state index in [2.05, 4.69) is 5.32 Å². The van der Waals surface area contributed by atoms with Crippen molar-refractivity contribution in [3.05, 3.63) is 5.21 Å². The smallest absolute Gasteiger partial charge is 0.225 e. The fraction of sp³-hybridized carbons (Fsp3) is 0.923. The van der Waals surface area contributed by atoms with Crippen LogP contribution in [0.25, 0.3) is 0 Å². The lowest BCUT2D eigenvalue weighted by Gasteiger charge is -2.47. The number of rotatable bonds is 5. The largest absolute Gasteiger partial charge is 0.784 e. The number of hydrogen-bond acceptors (Lipinski definition) is 6. The Hall–Kier alpha value is -0.730. The van der Waals surface area contributed by atoms with Crippen LogP contribution in [-0.4, -0.2) is 62.7 Å². The van der Waals surface area contributed by atoms with Crippen LogP contribution in [0.5, 0.6) is 0 Å². The third-order valence-electron chi connectivity index (χ3n) is 4.12. The van der Waals surface area contributed by atoms with Gasteiger partial charge in [-0.2, -0.15) is 0 Å². The van der Waals surface area contributed by atoms with Gasteiger partial charge in [-0.3, -0.25) is 4.79 Å². The highest BCUT2D eigenvalue weighted by molar-refractivity contribution is 5.81. The molecule has 1 amide bonds. The lowest BCUT2D eigenvalue weighted by atomic mass is 9.86. The van der Waals surface area contributed by atoms with E-state index in [1.807, 2.05) is 0 Å². The summed E-state index contributed by atoms with van der Waals surface area (Å²) in [5.74, 6) is -0.942. The number of nitrogens with one attached hydrogen (secondary N) is 1. The molecule has 0 radical (unpaired) electrons. The minimum atomic E-state index is -1.23. The molecule has 0 saturated carbocycles. The lowest BCUT2D eigenvalue weighted by molar-refractivity contribution is -0.129. The Morgan fingerprint density at radius 2 is 1.90 bits per heavy atom. The predicted octanol–water partition coefficient (Wildman–Crippen LogP) is -0.806. The average Bonchev–Trinajstić information content (AvgIpc) is 2.55. The maximum absolute atomic E-state index is 12.3. The number of carbonyl (C=O) groups excluding carboxylic acids is 1. The minimum absolute atomic E-state index is 0.392. The molecule has 1 rings (SSSR count). The molecule has 0 aromatic carbocycles. The van der Waals surface area contributed by atoms with E-state index in [0.717, 1.165) is 5.06 Å². The lowest BCUT2D eigenvalue weighted by Crippen LogP contribution is -2.53. The van der Waals surface area contributed by atoms with Gasteiger partial charge < -0.3 is 30.9 Å². The van der Waals surface area contributed by atoms with Crippen LogP contribution < -0.4 is 5.32 Å². The molecule has 4 N–H and O–H groups in total. The highest BCUT2D eigenvalue weighted by Gasteiger charge is 2.50. The zero-order valence-electron chi connectivity index (χ0n) is 12.5. The number of aliphatic hydroxyl groups excluding tert-OH is 3. The topological polar surface area (TPSA) is 116 Å². The van der Waals surface area contributed by atoms with Crippen molar-refractivity contribution in [3.63, 3.8) is 0 Å². The molecule has 1 saturated heterocycles. The fourth-order valence-electron chi connectivity index (χ4n) is 2.84. The van der Waals surface area contributed by atoms with Gasteiger partial charge in [-0.25, -0.2) is 0 Å². The molecule has 0 aliphatic carbocycles. The molecular weight excluding hydrogens is 264 g/mol. The van der Waals surface area contributed by atoms with Gasteiger partial charge in [0.2, 0.25) is 5.91 Å². The van der Waals surface area contributed by atoms with Crippen molar-refractivity contribution in [2.24, 2.45) is 5.92 Å². The van der Waals surface area contributed by atoms with Gasteiger partial charge in [0.05, 0.1) is 31.3 Å². The first-order valence-corrected chi connectivity index (χ1v) is 6.75. The zero-order valence-corrected chi connectivity index (χ0v) is 12.5. The number of nitrogens with zero attached hydrogens (tertiary/aromatic N) is 1. The molecule has 0 aromatic heterocycles. The second-order valence-corrected chi connectivity index (χ2v) is 6.56. The van der Waals surface area contributed by atoms with Crippen LogP contribution in [-0.2, 0) is 4.79 Å². The van der Waals surface area contributed by atoms with Crippen molar-refractivity contribution >= 4 is 5.91 Å². The summed E-state index contributed by atoms with van der Waals surface area (Å²) in [6.45, 7) is 5.93. The Balaban J connectivity index is 2.82. The third-order valence-corrected chi connectivity index (χ3v) is 4.12. The molecule has 3 unspecified atom stereocenters. The summed E-state index contributed by atoms with van der Waals surface area (Å²) in [5, 5.41) is 43.2. The Labute approximate surface area is 119 Å². The van der Waals surface area contributed by atoms with E-state index in [0.29, 0.717) is 6.42 Å². The first-order chi connectivity index (χ1) is 9.07. The van der Waals surface area contributed by atoms with Gasteiger partial charge in [-0.05, 0) is 34.1 Å². The minimum Gasteiger partial charge on any atom is -0.784 e. The van der Waals surface area contributed by atoms with E-state index in [1.165, 1.54) is 0 Å². The second kappa shape index (κ2) is 5.95. The van der Waals surface area contributed by atoms with Gasteiger partial charge in [-0.15, -0.1) is 0 Å². The van der Waals surface area contributed by atoms with E-state index in [9.17, 15) is 15.1 Å². The Morgan fingerprint density at radius 3 is 2.25 bits per heavy atom. The molecule has 7 nitrogen and oxygen atoms in total. The van der Waals surface area contributed by atoms with Crippen LogP contribution in [0.2, 0.25) is 0 Å². The Kier molecular flexibility index (Phi) is 5.15. The standard InChI is InChI=1S/C13H25N2O5/c1-12(2)5-8(13(3,4)15(12)20)11(19)14-9(6-16)10(18)7-17/h8-10,16-18H,5-7H2,1-4H3,(H,14,19)/q-1. The van der Waals surface area contributed by atoms with Crippen LogP contribution in [0.3, 0.4) is 0 Å². The highest BCUT2D eigenvalue weighted by atomic mass is 16.5. The monoisotopic (exact) mass is 289 g/mol. The van der Waals surface area contributed by atoms with Crippen molar-refractivity contribution in [2.75, 3.05) is 13.2 Å². The maximum atomic E-state index is 12.3. The molecule has 1 aliphatic heterocycles. The van der Waals surface area contributed by atoms with Crippen LogP contribution in [0.4, 0.5) is 0 Å². The normalized spacial score (nSPS) is 28.1. The van der Waals surface area contributed by atoms with E-state index < -0.39 is 48.3 Å². The van der Waals surface area contributed by atoms with Crippen LogP contribution in [0, 0.1) is 11.1 Å². The molecule has 1 heterocycles. The van der Waals surface area contributed by atoms with Crippen molar-refractivity contribution in [1.82, 2.24) is 10.4 Å². The van der Waals surface area contributed by atoms with Gasteiger partial charge in [0.15, 0.2) is 0 Å². The van der Waals surface area contributed by atoms with Gasteiger partial charge in [0.25, 0.3) is 0 Å². The first kappa shape index (κ1) is 17.3. The number of hydrogen-bond donors (Lipinski definition) is 4. The molecule has 0 aromatic rings. The summed E-state index contributed by atoms with van der Waals surface area (Å²) in [4.78, 5) is 12.3. The Morgan fingerprint density at radius 1 is 1.35 bits per heavy atom.